The predicted molar refractivity (Wildman–Crippen MR) is 94.0 cm³/mol. The second-order valence-corrected chi connectivity index (χ2v) is 6.28. The zero-order chi connectivity index (χ0) is 19.2. The number of hydrogen-bond donors (Lipinski definition) is 2. The van der Waals surface area contributed by atoms with E-state index in [0.29, 0.717) is 21.3 Å². The summed E-state index contributed by atoms with van der Waals surface area (Å²) in [6.07, 6.45) is -4.57. The van der Waals surface area contributed by atoms with Crippen molar-refractivity contribution in [2.75, 3.05) is 5.32 Å². The van der Waals surface area contributed by atoms with E-state index in [1.807, 2.05) is 0 Å². The number of aromatic amines is 1. The second kappa shape index (κ2) is 6.20. The van der Waals surface area contributed by atoms with Crippen molar-refractivity contribution in [2.24, 2.45) is 0 Å². The lowest BCUT2D eigenvalue weighted by molar-refractivity contribution is -0.140. The topological polar surface area (TPSA) is 92.7 Å². The van der Waals surface area contributed by atoms with Crippen LogP contribution in [0.1, 0.15) is 10.4 Å². The fourth-order valence-electron chi connectivity index (χ4n) is 2.73. The Hall–Kier alpha value is -3.21. The highest BCUT2D eigenvalue weighted by Gasteiger charge is 2.30. The number of alkyl halides is 3. The number of halogens is 3. The molecule has 0 saturated heterocycles. The third kappa shape index (κ3) is 3.28. The first-order chi connectivity index (χ1) is 12.8. The van der Waals surface area contributed by atoms with Gasteiger partial charge in [0.25, 0.3) is 5.91 Å². The Morgan fingerprint density at radius 1 is 1.22 bits per heavy atom. The fraction of sp³-hybridized carbons (Fsp3) is 0.125. The van der Waals surface area contributed by atoms with Crippen LogP contribution in [-0.2, 0) is 6.54 Å². The Morgan fingerprint density at radius 2 is 2.04 bits per heavy atom. The Kier molecular flexibility index (Phi) is 3.95. The summed E-state index contributed by atoms with van der Waals surface area (Å²) in [5.41, 5.74) is 1.01. The molecular weight excluding hydrogens is 383 g/mol. The first-order valence-corrected chi connectivity index (χ1v) is 8.37. The molecule has 1 amide bonds. The summed E-state index contributed by atoms with van der Waals surface area (Å²) < 4.78 is 46.9. The standard InChI is InChI=1S/C16H10F3N5O2S/c17-16(18,19)7-24-12-6-8(4-5-9(12)21-15(24)26)14(25)20-10-2-1-3-11-13(10)23-27-22-11/h1-6H,7H2,(H,20,25)(H,21,26). The predicted octanol–water partition coefficient (Wildman–Crippen LogP) is 3.15. The first kappa shape index (κ1) is 17.2. The summed E-state index contributed by atoms with van der Waals surface area (Å²) in [4.78, 5) is 26.7. The van der Waals surface area contributed by atoms with Crippen molar-refractivity contribution in [3.63, 3.8) is 0 Å². The number of aromatic nitrogens is 4. The van der Waals surface area contributed by atoms with E-state index in [0.717, 1.165) is 11.7 Å². The van der Waals surface area contributed by atoms with Gasteiger partial charge in [-0.3, -0.25) is 9.36 Å². The molecular formula is C16H10F3N5O2S. The minimum atomic E-state index is -4.57. The van der Waals surface area contributed by atoms with Gasteiger partial charge in [0.05, 0.1) is 28.4 Å². The quantitative estimate of drug-likeness (QED) is 0.559. The number of benzene rings is 2. The molecule has 0 unspecified atom stereocenters. The molecule has 0 aliphatic heterocycles. The van der Waals surface area contributed by atoms with Crippen molar-refractivity contribution in [3.05, 3.63) is 52.4 Å². The van der Waals surface area contributed by atoms with Crippen LogP contribution in [0.15, 0.2) is 41.2 Å². The van der Waals surface area contributed by atoms with Gasteiger partial charge in [-0.1, -0.05) is 6.07 Å². The van der Waals surface area contributed by atoms with Crippen LogP contribution in [0.2, 0.25) is 0 Å². The van der Waals surface area contributed by atoms with Gasteiger partial charge in [-0.25, -0.2) is 4.79 Å². The van der Waals surface area contributed by atoms with Crippen LogP contribution < -0.4 is 11.0 Å². The van der Waals surface area contributed by atoms with Crippen molar-refractivity contribution in [3.8, 4) is 0 Å². The van der Waals surface area contributed by atoms with Gasteiger partial charge in [-0.15, -0.1) is 0 Å². The van der Waals surface area contributed by atoms with E-state index in [4.69, 9.17) is 0 Å². The smallest absolute Gasteiger partial charge is 0.320 e. The average Bonchev–Trinajstić information content (AvgIpc) is 3.19. The van der Waals surface area contributed by atoms with E-state index in [9.17, 15) is 22.8 Å². The molecule has 0 saturated carbocycles. The Balaban J connectivity index is 1.71. The minimum Gasteiger partial charge on any atom is -0.320 e. The van der Waals surface area contributed by atoms with Crippen molar-refractivity contribution in [1.29, 1.82) is 0 Å². The van der Waals surface area contributed by atoms with Gasteiger partial charge in [-0.05, 0) is 30.3 Å². The van der Waals surface area contributed by atoms with Crippen LogP contribution in [0.5, 0.6) is 0 Å². The molecule has 0 bridgehead atoms. The first-order valence-electron chi connectivity index (χ1n) is 7.64. The molecule has 138 valence electrons. The number of imidazole rings is 1. The average molecular weight is 393 g/mol. The Labute approximate surface area is 152 Å². The SMILES string of the molecule is O=C(Nc1cccc2nsnc12)c1ccc2[nH]c(=O)n(CC(F)(F)F)c2c1. The molecule has 0 atom stereocenters. The highest BCUT2D eigenvalue weighted by molar-refractivity contribution is 7.00. The molecule has 7 nitrogen and oxygen atoms in total. The van der Waals surface area contributed by atoms with E-state index in [2.05, 4.69) is 19.0 Å². The van der Waals surface area contributed by atoms with Gasteiger partial charge < -0.3 is 10.3 Å². The summed E-state index contributed by atoms with van der Waals surface area (Å²) in [5.74, 6) is -0.537. The highest BCUT2D eigenvalue weighted by atomic mass is 32.1. The maximum atomic E-state index is 12.7. The molecule has 4 rings (SSSR count). The molecule has 2 aromatic heterocycles. The minimum absolute atomic E-state index is 0.00138. The third-order valence-corrected chi connectivity index (χ3v) is 4.45. The molecule has 27 heavy (non-hydrogen) atoms. The van der Waals surface area contributed by atoms with E-state index in [-0.39, 0.29) is 16.6 Å². The highest BCUT2D eigenvalue weighted by Crippen LogP contribution is 2.23. The van der Waals surface area contributed by atoms with Crippen LogP contribution in [-0.4, -0.2) is 30.4 Å². The van der Waals surface area contributed by atoms with Gasteiger partial charge in [0.1, 0.15) is 17.6 Å². The largest absolute Gasteiger partial charge is 0.406 e. The number of nitrogens with zero attached hydrogens (tertiary/aromatic N) is 3. The van der Waals surface area contributed by atoms with Crippen molar-refractivity contribution in [2.45, 2.75) is 12.7 Å². The number of carbonyl (C=O) groups is 1. The Morgan fingerprint density at radius 3 is 2.81 bits per heavy atom. The van der Waals surface area contributed by atoms with Crippen molar-refractivity contribution in [1.82, 2.24) is 18.3 Å². The molecule has 11 heteroatoms. The number of anilines is 1. The summed E-state index contributed by atoms with van der Waals surface area (Å²) in [6.45, 7) is -1.44. The zero-order valence-corrected chi connectivity index (χ0v) is 14.2. The molecule has 0 aliphatic carbocycles. The van der Waals surface area contributed by atoms with Gasteiger partial charge in [-0.2, -0.15) is 21.9 Å². The lowest BCUT2D eigenvalue weighted by Gasteiger charge is -2.09. The summed E-state index contributed by atoms with van der Waals surface area (Å²) in [7, 11) is 0. The molecule has 0 fully saturated rings. The second-order valence-electron chi connectivity index (χ2n) is 5.76. The Bertz CT molecular complexity index is 1220. The maximum Gasteiger partial charge on any atom is 0.406 e. The van der Waals surface area contributed by atoms with E-state index < -0.39 is 24.3 Å². The number of rotatable bonds is 3. The number of fused-ring (bicyclic) bond motifs is 2. The van der Waals surface area contributed by atoms with Crippen molar-refractivity contribution < 1.29 is 18.0 Å². The van der Waals surface area contributed by atoms with Gasteiger partial charge in [0, 0.05) is 5.56 Å². The molecule has 2 N–H and O–H groups in total. The number of hydrogen-bond acceptors (Lipinski definition) is 5. The monoisotopic (exact) mass is 393 g/mol. The maximum absolute atomic E-state index is 12.7. The van der Waals surface area contributed by atoms with Gasteiger partial charge >= 0.3 is 11.9 Å². The molecule has 2 aromatic carbocycles. The lowest BCUT2D eigenvalue weighted by atomic mass is 10.1. The van der Waals surface area contributed by atoms with E-state index in [1.165, 1.54) is 18.2 Å². The van der Waals surface area contributed by atoms with Crippen molar-refractivity contribution >= 4 is 45.4 Å². The fourth-order valence-corrected chi connectivity index (χ4v) is 3.28. The molecule has 0 spiro atoms. The third-order valence-electron chi connectivity index (χ3n) is 3.91. The normalized spacial score (nSPS) is 12.0. The van der Waals surface area contributed by atoms with E-state index in [1.54, 1.807) is 18.2 Å². The number of amides is 1. The van der Waals surface area contributed by atoms with Crippen LogP contribution >= 0.6 is 11.7 Å². The van der Waals surface area contributed by atoms with Crippen LogP contribution in [0.25, 0.3) is 22.1 Å². The molecule has 0 radical (unpaired) electrons. The molecule has 0 aliphatic rings. The number of carbonyl (C=O) groups excluding carboxylic acids is 1. The summed E-state index contributed by atoms with van der Waals surface area (Å²) in [5, 5.41) is 2.67. The van der Waals surface area contributed by atoms with Crippen LogP contribution in [0, 0.1) is 0 Å². The molecule has 4 aromatic rings. The lowest BCUT2D eigenvalue weighted by Crippen LogP contribution is -2.26. The van der Waals surface area contributed by atoms with E-state index >= 15 is 0 Å². The van der Waals surface area contributed by atoms with Crippen LogP contribution in [0.3, 0.4) is 0 Å². The van der Waals surface area contributed by atoms with Gasteiger partial charge in [0.2, 0.25) is 0 Å². The summed E-state index contributed by atoms with van der Waals surface area (Å²) in [6, 6.07) is 9.16. The zero-order valence-electron chi connectivity index (χ0n) is 13.4. The van der Waals surface area contributed by atoms with Crippen LogP contribution in [0.4, 0.5) is 18.9 Å². The summed E-state index contributed by atoms with van der Waals surface area (Å²) >= 11 is 1.00. The van der Waals surface area contributed by atoms with Gasteiger partial charge in [0.15, 0.2) is 0 Å². The number of H-pyrrole nitrogens is 1. The molecule has 2 heterocycles. The number of nitrogens with one attached hydrogen (secondary N) is 2.